The fourth-order valence-electron chi connectivity index (χ4n) is 2.20. The van der Waals surface area contributed by atoms with Crippen LogP contribution in [0.15, 0.2) is 36.8 Å². The highest BCUT2D eigenvalue weighted by atomic mass is 15.2. The average Bonchev–Trinajstić information content (AvgIpc) is 2.91. The third kappa shape index (κ3) is 4.47. The van der Waals surface area contributed by atoms with Crippen molar-refractivity contribution in [2.75, 3.05) is 27.2 Å². The topological polar surface area (TPSA) is 35.2 Å². The molecule has 1 N–H and O–H groups in total. The Balaban J connectivity index is 2.03. The van der Waals surface area contributed by atoms with Crippen molar-refractivity contribution in [3.8, 4) is 0 Å². The minimum absolute atomic E-state index is 0.905. The molecule has 0 radical (unpaired) electrons. The quantitative estimate of drug-likeness (QED) is 0.840. The van der Waals surface area contributed by atoms with Gasteiger partial charge in [-0.15, -0.1) is 0 Å². The van der Waals surface area contributed by atoms with Gasteiger partial charge in [0, 0.05) is 38.1 Å². The summed E-state index contributed by atoms with van der Waals surface area (Å²) in [6, 6.07) is 8.60. The number of H-pyrrole nitrogens is 1. The molecule has 4 nitrogen and oxygen atoms in total. The molecule has 0 bridgehead atoms. The van der Waals surface area contributed by atoms with Crippen LogP contribution in [0.3, 0.4) is 0 Å². The molecule has 1 aromatic carbocycles. The number of nitrogens with one attached hydrogen (secondary N) is 1. The summed E-state index contributed by atoms with van der Waals surface area (Å²) < 4.78 is 0. The highest BCUT2D eigenvalue weighted by Crippen LogP contribution is 2.12. The number of aryl methyl sites for hydroxylation is 1. The molecule has 0 amide bonds. The zero-order valence-corrected chi connectivity index (χ0v) is 12.6. The molecule has 0 saturated carbocycles. The second-order valence-corrected chi connectivity index (χ2v) is 5.52. The highest BCUT2D eigenvalue weighted by Gasteiger charge is 2.09. The molecular formula is C16H24N4. The van der Waals surface area contributed by atoms with E-state index >= 15 is 0 Å². The molecule has 0 atom stereocenters. The third-order valence-electron chi connectivity index (χ3n) is 3.47. The van der Waals surface area contributed by atoms with Crippen LogP contribution in [0.4, 0.5) is 0 Å². The molecule has 0 fully saturated rings. The Morgan fingerprint density at radius 1 is 1.10 bits per heavy atom. The molecule has 0 aliphatic carbocycles. The van der Waals surface area contributed by atoms with Gasteiger partial charge < -0.3 is 9.88 Å². The summed E-state index contributed by atoms with van der Waals surface area (Å²) in [6.07, 6.45) is 3.65. The predicted octanol–water partition coefficient (Wildman–Crippen LogP) is 2.28. The molecule has 4 heteroatoms. The number of imidazole rings is 1. The first-order chi connectivity index (χ1) is 9.65. The van der Waals surface area contributed by atoms with Gasteiger partial charge >= 0.3 is 0 Å². The number of rotatable bonds is 7. The standard InChI is InChI=1S/C16H24N4/c1-14-6-4-5-7-15(14)11-20(9-8-19(2)3)12-16-10-17-13-18-16/h4-7,10,13H,8-9,11-12H2,1-3H3,(H,17,18). The summed E-state index contributed by atoms with van der Waals surface area (Å²) in [5, 5.41) is 0. The van der Waals surface area contributed by atoms with Crippen molar-refractivity contribution in [1.29, 1.82) is 0 Å². The van der Waals surface area contributed by atoms with E-state index in [9.17, 15) is 0 Å². The minimum atomic E-state index is 0.905. The fourth-order valence-corrected chi connectivity index (χ4v) is 2.20. The molecule has 1 heterocycles. The Hall–Kier alpha value is -1.65. The van der Waals surface area contributed by atoms with Gasteiger partial charge in [-0.25, -0.2) is 4.98 Å². The van der Waals surface area contributed by atoms with Crippen molar-refractivity contribution in [2.24, 2.45) is 0 Å². The second kappa shape index (κ2) is 7.22. The number of likely N-dealkylation sites (N-methyl/N-ethyl adjacent to an activating group) is 1. The monoisotopic (exact) mass is 272 g/mol. The average molecular weight is 272 g/mol. The first-order valence-electron chi connectivity index (χ1n) is 7.04. The van der Waals surface area contributed by atoms with E-state index in [4.69, 9.17) is 0 Å². The fraction of sp³-hybridized carbons (Fsp3) is 0.438. The van der Waals surface area contributed by atoms with Gasteiger partial charge in [-0.05, 0) is 32.1 Å². The SMILES string of the molecule is Cc1ccccc1CN(CCN(C)C)Cc1cnc[nH]1. The lowest BCUT2D eigenvalue weighted by molar-refractivity contribution is 0.224. The lowest BCUT2D eigenvalue weighted by Crippen LogP contribution is -2.31. The van der Waals surface area contributed by atoms with Crippen LogP contribution in [0.5, 0.6) is 0 Å². The van der Waals surface area contributed by atoms with E-state index in [0.717, 1.165) is 31.9 Å². The van der Waals surface area contributed by atoms with Crippen molar-refractivity contribution in [3.63, 3.8) is 0 Å². The van der Waals surface area contributed by atoms with Crippen LogP contribution in [-0.2, 0) is 13.1 Å². The van der Waals surface area contributed by atoms with Gasteiger partial charge in [-0.2, -0.15) is 0 Å². The Kier molecular flexibility index (Phi) is 5.32. The van der Waals surface area contributed by atoms with Crippen LogP contribution in [-0.4, -0.2) is 47.0 Å². The summed E-state index contributed by atoms with van der Waals surface area (Å²) in [7, 11) is 4.23. The number of aromatic nitrogens is 2. The van der Waals surface area contributed by atoms with E-state index in [2.05, 4.69) is 65.1 Å². The Morgan fingerprint density at radius 3 is 2.55 bits per heavy atom. The first-order valence-corrected chi connectivity index (χ1v) is 7.04. The maximum atomic E-state index is 4.10. The van der Waals surface area contributed by atoms with Crippen molar-refractivity contribution in [2.45, 2.75) is 20.0 Å². The van der Waals surface area contributed by atoms with Crippen molar-refractivity contribution < 1.29 is 0 Å². The normalized spacial score (nSPS) is 11.4. The maximum absolute atomic E-state index is 4.10. The van der Waals surface area contributed by atoms with Gasteiger partial charge in [-0.3, -0.25) is 4.90 Å². The molecule has 2 rings (SSSR count). The molecule has 0 aliphatic heterocycles. The van der Waals surface area contributed by atoms with Crippen LogP contribution in [0.2, 0.25) is 0 Å². The molecule has 0 unspecified atom stereocenters. The van der Waals surface area contributed by atoms with Crippen molar-refractivity contribution in [1.82, 2.24) is 19.8 Å². The number of hydrogen-bond acceptors (Lipinski definition) is 3. The number of hydrogen-bond donors (Lipinski definition) is 1. The smallest absolute Gasteiger partial charge is 0.0922 e. The van der Waals surface area contributed by atoms with Gasteiger partial charge in [0.2, 0.25) is 0 Å². The van der Waals surface area contributed by atoms with E-state index in [-0.39, 0.29) is 0 Å². The van der Waals surface area contributed by atoms with E-state index in [1.807, 2.05) is 6.20 Å². The van der Waals surface area contributed by atoms with Crippen LogP contribution >= 0.6 is 0 Å². The number of nitrogens with zero attached hydrogens (tertiary/aromatic N) is 3. The maximum Gasteiger partial charge on any atom is 0.0922 e. The molecular weight excluding hydrogens is 248 g/mol. The second-order valence-electron chi connectivity index (χ2n) is 5.52. The Labute approximate surface area is 121 Å². The van der Waals surface area contributed by atoms with Crippen LogP contribution < -0.4 is 0 Å². The van der Waals surface area contributed by atoms with E-state index in [0.29, 0.717) is 0 Å². The lowest BCUT2D eigenvalue weighted by Gasteiger charge is -2.24. The number of aromatic amines is 1. The highest BCUT2D eigenvalue weighted by molar-refractivity contribution is 5.25. The summed E-state index contributed by atoms with van der Waals surface area (Å²) in [6.45, 7) is 6.15. The van der Waals surface area contributed by atoms with Crippen molar-refractivity contribution >= 4 is 0 Å². The zero-order valence-electron chi connectivity index (χ0n) is 12.6. The summed E-state index contributed by atoms with van der Waals surface area (Å²) in [4.78, 5) is 12.0. The summed E-state index contributed by atoms with van der Waals surface area (Å²) in [5.74, 6) is 0. The Morgan fingerprint density at radius 2 is 1.90 bits per heavy atom. The van der Waals surface area contributed by atoms with Gasteiger partial charge in [0.1, 0.15) is 0 Å². The molecule has 0 saturated heterocycles. The van der Waals surface area contributed by atoms with Crippen LogP contribution in [0, 0.1) is 6.92 Å². The van der Waals surface area contributed by atoms with Crippen molar-refractivity contribution in [3.05, 3.63) is 53.6 Å². The molecule has 0 aliphatic rings. The van der Waals surface area contributed by atoms with E-state index in [1.54, 1.807) is 6.33 Å². The van der Waals surface area contributed by atoms with Crippen LogP contribution in [0.25, 0.3) is 0 Å². The lowest BCUT2D eigenvalue weighted by atomic mass is 10.1. The summed E-state index contributed by atoms with van der Waals surface area (Å²) in [5.41, 5.74) is 3.91. The summed E-state index contributed by atoms with van der Waals surface area (Å²) >= 11 is 0. The largest absolute Gasteiger partial charge is 0.347 e. The molecule has 2 aromatic rings. The van der Waals surface area contributed by atoms with Gasteiger partial charge in [0.15, 0.2) is 0 Å². The van der Waals surface area contributed by atoms with Gasteiger partial charge in [-0.1, -0.05) is 24.3 Å². The third-order valence-corrected chi connectivity index (χ3v) is 3.47. The molecule has 20 heavy (non-hydrogen) atoms. The van der Waals surface area contributed by atoms with Crippen LogP contribution in [0.1, 0.15) is 16.8 Å². The zero-order chi connectivity index (χ0) is 14.4. The minimum Gasteiger partial charge on any atom is -0.347 e. The van der Waals surface area contributed by atoms with Gasteiger partial charge in [0.05, 0.1) is 6.33 Å². The predicted molar refractivity (Wildman–Crippen MR) is 82.4 cm³/mol. The number of benzene rings is 1. The Bertz CT molecular complexity index is 505. The van der Waals surface area contributed by atoms with E-state index < -0.39 is 0 Å². The molecule has 108 valence electrons. The first kappa shape index (κ1) is 14.8. The van der Waals surface area contributed by atoms with E-state index in [1.165, 1.54) is 11.1 Å². The molecule has 1 aromatic heterocycles. The molecule has 0 spiro atoms. The van der Waals surface area contributed by atoms with Gasteiger partial charge in [0.25, 0.3) is 0 Å².